The van der Waals surface area contributed by atoms with E-state index in [0.29, 0.717) is 6.04 Å². The molecule has 2 aliphatic rings. The average molecular weight is 245 g/mol. The van der Waals surface area contributed by atoms with Crippen LogP contribution in [0.1, 0.15) is 37.7 Å². The van der Waals surface area contributed by atoms with Gasteiger partial charge in [0.15, 0.2) is 0 Å². The quantitative estimate of drug-likeness (QED) is 0.881. The van der Waals surface area contributed by atoms with Gasteiger partial charge in [-0.1, -0.05) is 30.3 Å². The summed E-state index contributed by atoms with van der Waals surface area (Å²) in [4.78, 5) is 2.40. The number of likely N-dealkylation sites (N-methyl/N-ethyl adjacent to an activating group) is 1. The number of hydrogen-bond acceptors (Lipinski definition) is 2. The van der Waals surface area contributed by atoms with Crippen molar-refractivity contribution in [2.24, 2.45) is 5.92 Å². The van der Waals surface area contributed by atoms with Crippen molar-refractivity contribution in [3.8, 4) is 0 Å². The van der Waals surface area contributed by atoms with E-state index < -0.39 is 5.60 Å². The SMILES string of the molecule is CN(CC1CC1)[C@@H]1CCCC1(O)c1ccccc1. The number of nitrogens with zero attached hydrogens (tertiary/aromatic N) is 1. The van der Waals surface area contributed by atoms with Crippen LogP contribution in [0, 0.1) is 5.92 Å². The predicted molar refractivity (Wildman–Crippen MR) is 73.3 cm³/mol. The lowest BCUT2D eigenvalue weighted by Gasteiger charge is -2.37. The second-order valence-corrected chi connectivity index (χ2v) is 6.08. The Kier molecular flexibility index (Phi) is 3.16. The minimum Gasteiger partial charge on any atom is -0.384 e. The smallest absolute Gasteiger partial charge is 0.105 e. The standard InChI is InChI=1S/C16H23NO/c1-17(12-13-9-10-13)15-8-5-11-16(15,18)14-6-3-2-4-7-14/h2-4,6-7,13,15,18H,5,8-12H2,1H3/t15-,16?/m1/s1. The van der Waals surface area contributed by atoms with E-state index in [9.17, 15) is 5.11 Å². The maximum atomic E-state index is 11.1. The molecule has 2 fully saturated rings. The number of aliphatic hydroxyl groups is 1. The summed E-state index contributed by atoms with van der Waals surface area (Å²) in [6, 6.07) is 10.5. The summed E-state index contributed by atoms with van der Waals surface area (Å²) in [6.07, 6.45) is 5.90. The Morgan fingerprint density at radius 2 is 1.94 bits per heavy atom. The molecule has 18 heavy (non-hydrogen) atoms. The fourth-order valence-electron chi connectivity index (χ4n) is 3.45. The Hall–Kier alpha value is -0.860. The van der Waals surface area contributed by atoms with Gasteiger partial charge in [0.1, 0.15) is 5.60 Å². The van der Waals surface area contributed by atoms with Gasteiger partial charge in [0, 0.05) is 12.6 Å². The Labute approximate surface area is 110 Å². The van der Waals surface area contributed by atoms with Crippen molar-refractivity contribution in [1.82, 2.24) is 4.90 Å². The first-order valence-electron chi connectivity index (χ1n) is 7.18. The zero-order chi connectivity index (χ0) is 12.6. The summed E-state index contributed by atoms with van der Waals surface area (Å²) in [5.41, 5.74) is 0.459. The van der Waals surface area contributed by atoms with Crippen molar-refractivity contribution >= 4 is 0 Å². The van der Waals surface area contributed by atoms with Crippen LogP contribution in [0.3, 0.4) is 0 Å². The summed E-state index contributed by atoms with van der Waals surface area (Å²) in [5, 5.41) is 11.1. The highest BCUT2D eigenvalue weighted by atomic mass is 16.3. The van der Waals surface area contributed by atoms with Gasteiger partial charge in [0.05, 0.1) is 0 Å². The topological polar surface area (TPSA) is 23.5 Å². The van der Waals surface area contributed by atoms with E-state index in [1.54, 1.807) is 0 Å². The molecule has 0 spiro atoms. The maximum Gasteiger partial charge on any atom is 0.105 e. The lowest BCUT2D eigenvalue weighted by molar-refractivity contribution is -0.0260. The number of rotatable bonds is 4. The minimum absolute atomic E-state index is 0.292. The fraction of sp³-hybridized carbons (Fsp3) is 0.625. The molecule has 2 atom stereocenters. The predicted octanol–water partition coefficient (Wildman–Crippen LogP) is 2.77. The van der Waals surface area contributed by atoms with Gasteiger partial charge in [-0.15, -0.1) is 0 Å². The molecule has 0 aromatic heterocycles. The molecule has 0 amide bonds. The van der Waals surface area contributed by atoms with Gasteiger partial charge in [0.25, 0.3) is 0 Å². The summed E-state index contributed by atoms with van der Waals surface area (Å²) in [7, 11) is 2.18. The van der Waals surface area contributed by atoms with Gasteiger partial charge in [-0.2, -0.15) is 0 Å². The molecule has 0 aliphatic heterocycles. The molecule has 98 valence electrons. The van der Waals surface area contributed by atoms with Crippen LogP contribution >= 0.6 is 0 Å². The number of benzene rings is 1. The van der Waals surface area contributed by atoms with E-state index in [1.807, 2.05) is 18.2 Å². The lowest BCUT2D eigenvalue weighted by Crippen LogP contribution is -2.46. The maximum absolute atomic E-state index is 11.1. The lowest BCUT2D eigenvalue weighted by atomic mass is 9.88. The Morgan fingerprint density at radius 3 is 2.61 bits per heavy atom. The highest BCUT2D eigenvalue weighted by molar-refractivity contribution is 5.26. The zero-order valence-corrected chi connectivity index (χ0v) is 11.2. The second-order valence-electron chi connectivity index (χ2n) is 6.08. The zero-order valence-electron chi connectivity index (χ0n) is 11.2. The summed E-state index contributed by atoms with van der Waals surface area (Å²) < 4.78 is 0. The Bertz CT molecular complexity index is 401. The van der Waals surface area contributed by atoms with Gasteiger partial charge in [0.2, 0.25) is 0 Å². The molecule has 1 aromatic carbocycles. The molecule has 0 heterocycles. The average Bonchev–Trinajstić information content (AvgIpc) is 3.10. The van der Waals surface area contributed by atoms with Crippen molar-refractivity contribution < 1.29 is 5.11 Å². The molecule has 2 nitrogen and oxygen atoms in total. The third-order valence-electron chi connectivity index (χ3n) is 4.64. The van der Waals surface area contributed by atoms with E-state index in [1.165, 1.54) is 12.8 Å². The van der Waals surface area contributed by atoms with Crippen LogP contribution in [0.2, 0.25) is 0 Å². The van der Waals surface area contributed by atoms with Crippen LogP contribution < -0.4 is 0 Å². The van der Waals surface area contributed by atoms with Gasteiger partial charge < -0.3 is 5.11 Å². The highest BCUT2D eigenvalue weighted by Gasteiger charge is 2.45. The van der Waals surface area contributed by atoms with Crippen molar-refractivity contribution in [3.63, 3.8) is 0 Å². The highest BCUT2D eigenvalue weighted by Crippen LogP contribution is 2.42. The van der Waals surface area contributed by atoms with E-state index in [4.69, 9.17) is 0 Å². The van der Waals surface area contributed by atoms with Crippen LogP contribution in [0.4, 0.5) is 0 Å². The third kappa shape index (κ3) is 2.19. The summed E-state index contributed by atoms with van der Waals surface area (Å²) >= 11 is 0. The second kappa shape index (κ2) is 4.67. The summed E-state index contributed by atoms with van der Waals surface area (Å²) in [5.74, 6) is 0.885. The first-order chi connectivity index (χ1) is 8.70. The molecule has 2 aliphatic carbocycles. The van der Waals surface area contributed by atoms with Crippen molar-refractivity contribution in [2.75, 3.05) is 13.6 Å². The molecular weight excluding hydrogens is 222 g/mol. The largest absolute Gasteiger partial charge is 0.384 e. The molecule has 2 saturated carbocycles. The van der Waals surface area contributed by atoms with Crippen molar-refractivity contribution in [2.45, 2.75) is 43.7 Å². The molecule has 2 heteroatoms. The molecule has 1 N–H and O–H groups in total. The van der Waals surface area contributed by atoms with Gasteiger partial charge >= 0.3 is 0 Å². The normalized spacial score (nSPS) is 32.1. The summed E-state index contributed by atoms with van der Waals surface area (Å²) in [6.45, 7) is 1.15. The van der Waals surface area contributed by atoms with E-state index >= 15 is 0 Å². The van der Waals surface area contributed by atoms with Crippen LogP contribution in [-0.4, -0.2) is 29.6 Å². The van der Waals surface area contributed by atoms with Crippen LogP contribution in [0.25, 0.3) is 0 Å². The molecule has 1 unspecified atom stereocenters. The van der Waals surface area contributed by atoms with Crippen LogP contribution in [0.15, 0.2) is 30.3 Å². The van der Waals surface area contributed by atoms with Gasteiger partial charge in [-0.05, 0) is 50.6 Å². The Balaban J connectivity index is 1.80. The molecule has 0 saturated heterocycles. The Morgan fingerprint density at radius 1 is 1.22 bits per heavy atom. The molecule has 0 radical (unpaired) electrons. The molecule has 1 aromatic rings. The van der Waals surface area contributed by atoms with Crippen LogP contribution in [0.5, 0.6) is 0 Å². The minimum atomic E-state index is -0.634. The number of hydrogen-bond donors (Lipinski definition) is 1. The molecule has 0 bridgehead atoms. The van der Waals surface area contributed by atoms with E-state index in [0.717, 1.165) is 37.3 Å². The fourth-order valence-corrected chi connectivity index (χ4v) is 3.45. The van der Waals surface area contributed by atoms with Crippen LogP contribution in [-0.2, 0) is 5.60 Å². The monoisotopic (exact) mass is 245 g/mol. The first kappa shape index (κ1) is 12.2. The van der Waals surface area contributed by atoms with E-state index in [2.05, 4.69) is 24.1 Å². The van der Waals surface area contributed by atoms with Crippen molar-refractivity contribution in [1.29, 1.82) is 0 Å². The van der Waals surface area contributed by atoms with Gasteiger partial charge in [-0.3, -0.25) is 4.90 Å². The van der Waals surface area contributed by atoms with Crippen molar-refractivity contribution in [3.05, 3.63) is 35.9 Å². The first-order valence-corrected chi connectivity index (χ1v) is 7.18. The third-order valence-corrected chi connectivity index (χ3v) is 4.64. The molecular formula is C16H23NO. The van der Waals surface area contributed by atoms with Gasteiger partial charge in [-0.25, -0.2) is 0 Å². The van der Waals surface area contributed by atoms with E-state index in [-0.39, 0.29) is 0 Å². The molecule has 3 rings (SSSR count).